The summed E-state index contributed by atoms with van der Waals surface area (Å²) in [4.78, 5) is 2.39. The van der Waals surface area contributed by atoms with Crippen molar-refractivity contribution in [3.05, 3.63) is 42.5 Å². The minimum atomic E-state index is 0.573. The van der Waals surface area contributed by atoms with E-state index in [0.717, 1.165) is 12.4 Å². The summed E-state index contributed by atoms with van der Waals surface area (Å²) in [6.07, 6.45) is 2.54. The number of nitrogens with zero attached hydrogens (tertiary/aromatic N) is 1. The number of likely N-dealkylation sites (tertiary alicyclic amines) is 1. The Hall–Kier alpha value is -1.54. The second-order valence-corrected chi connectivity index (χ2v) is 5.06. The third kappa shape index (κ3) is 2.21. The van der Waals surface area contributed by atoms with Crippen molar-refractivity contribution in [2.75, 3.05) is 20.2 Å². The van der Waals surface area contributed by atoms with E-state index in [2.05, 4.69) is 54.4 Å². The van der Waals surface area contributed by atoms with Gasteiger partial charge in [-0.2, -0.15) is 0 Å². The van der Waals surface area contributed by atoms with Crippen LogP contribution in [0.4, 0.5) is 0 Å². The Labute approximate surface area is 108 Å². The minimum Gasteiger partial charge on any atom is -0.491 e. The van der Waals surface area contributed by atoms with E-state index in [1.807, 2.05) is 0 Å². The topological polar surface area (TPSA) is 12.5 Å². The molecule has 1 aliphatic heterocycles. The van der Waals surface area contributed by atoms with E-state index in [-0.39, 0.29) is 0 Å². The Kier molecular flexibility index (Phi) is 3.20. The van der Waals surface area contributed by atoms with E-state index in [4.69, 9.17) is 4.74 Å². The first-order valence-corrected chi connectivity index (χ1v) is 6.65. The van der Waals surface area contributed by atoms with Crippen LogP contribution in [0.5, 0.6) is 5.75 Å². The van der Waals surface area contributed by atoms with Crippen LogP contribution in [0.15, 0.2) is 42.5 Å². The van der Waals surface area contributed by atoms with Crippen LogP contribution >= 0.6 is 0 Å². The van der Waals surface area contributed by atoms with Crippen molar-refractivity contribution in [3.8, 4) is 5.75 Å². The van der Waals surface area contributed by atoms with Gasteiger partial charge in [0.15, 0.2) is 0 Å². The van der Waals surface area contributed by atoms with Gasteiger partial charge in [-0.1, -0.05) is 36.4 Å². The van der Waals surface area contributed by atoms with E-state index >= 15 is 0 Å². The summed E-state index contributed by atoms with van der Waals surface area (Å²) < 4.78 is 6.03. The first-order chi connectivity index (χ1) is 8.84. The molecule has 3 rings (SSSR count). The Morgan fingerprint density at radius 2 is 2.00 bits per heavy atom. The van der Waals surface area contributed by atoms with Crippen molar-refractivity contribution in [2.45, 2.75) is 18.9 Å². The molecule has 2 aromatic rings. The summed E-state index contributed by atoms with van der Waals surface area (Å²) in [6, 6.07) is 15.2. The zero-order valence-corrected chi connectivity index (χ0v) is 10.8. The van der Waals surface area contributed by atoms with Gasteiger partial charge >= 0.3 is 0 Å². The molecule has 0 aliphatic carbocycles. The van der Waals surface area contributed by atoms with Gasteiger partial charge in [0.2, 0.25) is 0 Å². The Balaban J connectivity index is 1.78. The second kappa shape index (κ2) is 4.99. The largest absolute Gasteiger partial charge is 0.491 e. The molecule has 1 saturated heterocycles. The normalized spacial score (nSPS) is 20.4. The average molecular weight is 241 g/mol. The fourth-order valence-corrected chi connectivity index (χ4v) is 2.70. The van der Waals surface area contributed by atoms with Crippen molar-refractivity contribution in [1.29, 1.82) is 0 Å². The first kappa shape index (κ1) is 11.5. The summed E-state index contributed by atoms with van der Waals surface area (Å²) in [5.74, 6) is 1.01. The van der Waals surface area contributed by atoms with Gasteiger partial charge < -0.3 is 9.64 Å². The SMILES string of the molecule is CN1CCC[C@@H]1COc1cccc2ccccc12. The Morgan fingerprint density at radius 1 is 1.17 bits per heavy atom. The van der Waals surface area contributed by atoms with Gasteiger partial charge in [-0.15, -0.1) is 0 Å². The minimum absolute atomic E-state index is 0.573. The van der Waals surface area contributed by atoms with Crippen LogP contribution in [-0.4, -0.2) is 31.1 Å². The molecular weight excluding hydrogens is 222 g/mol. The lowest BCUT2D eigenvalue weighted by molar-refractivity contribution is 0.200. The molecule has 94 valence electrons. The van der Waals surface area contributed by atoms with Crippen LogP contribution in [0.1, 0.15) is 12.8 Å². The van der Waals surface area contributed by atoms with Gasteiger partial charge in [0.25, 0.3) is 0 Å². The molecule has 1 aliphatic rings. The Bertz CT molecular complexity index is 532. The highest BCUT2D eigenvalue weighted by Gasteiger charge is 2.21. The maximum atomic E-state index is 6.03. The molecule has 2 aromatic carbocycles. The Morgan fingerprint density at radius 3 is 2.83 bits per heavy atom. The second-order valence-electron chi connectivity index (χ2n) is 5.06. The highest BCUT2D eigenvalue weighted by molar-refractivity contribution is 5.88. The monoisotopic (exact) mass is 241 g/mol. The van der Waals surface area contributed by atoms with Crippen molar-refractivity contribution in [2.24, 2.45) is 0 Å². The van der Waals surface area contributed by atoms with Crippen molar-refractivity contribution in [3.63, 3.8) is 0 Å². The van der Waals surface area contributed by atoms with Crippen LogP contribution in [0.25, 0.3) is 10.8 Å². The molecule has 0 saturated carbocycles. The first-order valence-electron chi connectivity index (χ1n) is 6.65. The molecule has 2 nitrogen and oxygen atoms in total. The number of fused-ring (bicyclic) bond motifs is 1. The zero-order chi connectivity index (χ0) is 12.4. The van der Waals surface area contributed by atoms with Crippen LogP contribution in [0.2, 0.25) is 0 Å². The van der Waals surface area contributed by atoms with Crippen LogP contribution in [0.3, 0.4) is 0 Å². The number of likely N-dealkylation sites (N-methyl/N-ethyl adjacent to an activating group) is 1. The van der Waals surface area contributed by atoms with Gasteiger partial charge in [0.1, 0.15) is 12.4 Å². The van der Waals surface area contributed by atoms with Gasteiger partial charge in [-0.25, -0.2) is 0 Å². The molecule has 0 bridgehead atoms. The number of hydrogen-bond acceptors (Lipinski definition) is 2. The predicted octanol–water partition coefficient (Wildman–Crippen LogP) is 3.31. The predicted molar refractivity (Wildman–Crippen MR) is 75.1 cm³/mol. The summed E-state index contributed by atoms with van der Waals surface area (Å²) in [5, 5.41) is 2.45. The number of rotatable bonds is 3. The zero-order valence-electron chi connectivity index (χ0n) is 10.8. The fraction of sp³-hybridized carbons (Fsp3) is 0.375. The van der Waals surface area contributed by atoms with E-state index < -0.39 is 0 Å². The number of hydrogen-bond donors (Lipinski definition) is 0. The molecule has 0 amide bonds. The third-order valence-corrected chi connectivity index (χ3v) is 3.85. The molecular formula is C16H19NO. The van der Waals surface area contributed by atoms with E-state index in [1.54, 1.807) is 0 Å². The molecule has 1 atom stereocenters. The number of benzene rings is 2. The van der Waals surface area contributed by atoms with Gasteiger partial charge in [0, 0.05) is 11.4 Å². The third-order valence-electron chi connectivity index (χ3n) is 3.85. The lowest BCUT2D eigenvalue weighted by Gasteiger charge is -2.20. The standard InChI is InChI=1S/C16H19NO/c1-17-11-5-8-14(17)12-18-16-10-4-7-13-6-2-3-9-15(13)16/h2-4,6-7,9-10,14H,5,8,11-12H2,1H3/t14-/m1/s1. The molecule has 2 heteroatoms. The summed E-state index contributed by atoms with van der Waals surface area (Å²) >= 11 is 0. The van der Waals surface area contributed by atoms with Gasteiger partial charge in [-0.3, -0.25) is 0 Å². The van der Waals surface area contributed by atoms with Gasteiger partial charge in [0.05, 0.1) is 0 Å². The molecule has 0 aromatic heterocycles. The van der Waals surface area contributed by atoms with Crippen molar-refractivity contribution in [1.82, 2.24) is 4.90 Å². The van der Waals surface area contributed by atoms with Crippen LogP contribution in [-0.2, 0) is 0 Å². The van der Waals surface area contributed by atoms with Gasteiger partial charge in [-0.05, 0) is 37.9 Å². The van der Waals surface area contributed by atoms with Crippen LogP contribution < -0.4 is 4.74 Å². The smallest absolute Gasteiger partial charge is 0.127 e. The highest BCUT2D eigenvalue weighted by atomic mass is 16.5. The average Bonchev–Trinajstić information content (AvgIpc) is 2.82. The van der Waals surface area contributed by atoms with E-state index in [9.17, 15) is 0 Å². The quantitative estimate of drug-likeness (QED) is 0.817. The molecule has 0 radical (unpaired) electrons. The molecule has 1 fully saturated rings. The van der Waals surface area contributed by atoms with E-state index in [1.165, 1.54) is 30.2 Å². The molecule has 0 unspecified atom stereocenters. The fourth-order valence-electron chi connectivity index (χ4n) is 2.70. The van der Waals surface area contributed by atoms with Crippen molar-refractivity contribution >= 4 is 10.8 Å². The lowest BCUT2D eigenvalue weighted by atomic mass is 10.1. The maximum absolute atomic E-state index is 6.03. The highest BCUT2D eigenvalue weighted by Crippen LogP contribution is 2.26. The number of ether oxygens (including phenoxy) is 1. The molecule has 0 spiro atoms. The summed E-state index contributed by atoms with van der Waals surface area (Å²) in [6.45, 7) is 1.99. The molecule has 1 heterocycles. The maximum Gasteiger partial charge on any atom is 0.127 e. The molecule has 18 heavy (non-hydrogen) atoms. The summed E-state index contributed by atoms with van der Waals surface area (Å²) in [5.41, 5.74) is 0. The van der Waals surface area contributed by atoms with Crippen molar-refractivity contribution < 1.29 is 4.74 Å². The van der Waals surface area contributed by atoms with Crippen LogP contribution in [0, 0.1) is 0 Å². The lowest BCUT2D eigenvalue weighted by Crippen LogP contribution is -2.30. The summed E-state index contributed by atoms with van der Waals surface area (Å²) in [7, 11) is 2.18. The van der Waals surface area contributed by atoms with E-state index in [0.29, 0.717) is 6.04 Å². The molecule has 0 N–H and O–H groups in total.